The van der Waals surface area contributed by atoms with Gasteiger partial charge in [-0.05, 0) is 55.3 Å². The monoisotopic (exact) mass is 473 g/mol. The molecule has 1 aliphatic rings. The van der Waals surface area contributed by atoms with Gasteiger partial charge in [-0.3, -0.25) is 24.0 Å². The second-order valence-corrected chi connectivity index (χ2v) is 9.75. The number of benzene rings is 2. The fourth-order valence-corrected chi connectivity index (χ4v) is 4.40. The van der Waals surface area contributed by atoms with Gasteiger partial charge in [0.25, 0.3) is 5.91 Å². The minimum Gasteiger partial charge on any atom is -0.368 e. The van der Waals surface area contributed by atoms with Crippen molar-refractivity contribution >= 4 is 44.8 Å². The van der Waals surface area contributed by atoms with Crippen molar-refractivity contribution in [1.29, 1.82) is 0 Å². The van der Waals surface area contributed by atoms with Crippen LogP contribution in [0.15, 0.2) is 42.5 Å². The van der Waals surface area contributed by atoms with Crippen LogP contribution in [0.2, 0.25) is 0 Å². The Morgan fingerprint density at radius 1 is 1.09 bits per heavy atom. The molecule has 3 rings (SSSR count). The van der Waals surface area contributed by atoms with E-state index in [9.17, 15) is 22.8 Å². The number of anilines is 3. The molecule has 33 heavy (non-hydrogen) atoms. The summed E-state index contributed by atoms with van der Waals surface area (Å²) < 4.78 is 25.8. The van der Waals surface area contributed by atoms with Gasteiger partial charge in [-0.1, -0.05) is 12.1 Å². The van der Waals surface area contributed by atoms with Crippen molar-refractivity contribution in [2.45, 2.75) is 32.4 Å². The molecular formula is C22H27N5O5S. The number of nitrogens with one attached hydrogen (secondary N) is 3. The first-order valence-electron chi connectivity index (χ1n) is 10.3. The van der Waals surface area contributed by atoms with Gasteiger partial charge in [-0.2, -0.15) is 0 Å². The van der Waals surface area contributed by atoms with Crippen LogP contribution in [0.1, 0.15) is 35.7 Å². The molecule has 1 atom stereocenters. The quantitative estimate of drug-likeness (QED) is 0.458. The Kier molecular flexibility index (Phi) is 7.34. The number of nitrogens with zero attached hydrogens (tertiary/aromatic N) is 1. The highest BCUT2D eigenvalue weighted by molar-refractivity contribution is 7.92. The van der Waals surface area contributed by atoms with Gasteiger partial charge >= 0.3 is 0 Å². The molecule has 1 aliphatic heterocycles. The lowest BCUT2D eigenvalue weighted by molar-refractivity contribution is -0.122. The van der Waals surface area contributed by atoms with Crippen LogP contribution in [-0.4, -0.2) is 49.9 Å². The van der Waals surface area contributed by atoms with Gasteiger partial charge in [0.05, 0.1) is 23.5 Å². The number of likely N-dealkylation sites (tertiary alicyclic amines) is 1. The standard InChI is InChI=1S/C22H27N5O5S/c1-14(28)24-17-8-9-19(26-33(2,31)32)18(12-17)22(30)25-16-6-3-5-15(11-16)13-27-10-4-7-20(27)21(23)29/h3,5-6,8-9,11-12,20,26H,4,7,10,13H2,1-2H3,(H2,23,29)(H,24,28)(H,25,30). The van der Waals surface area contributed by atoms with Crippen molar-refractivity contribution in [3.8, 4) is 0 Å². The number of hydrogen-bond donors (Lipinski definition) is 4. The summed E-state index contributed by atoms with van der Waals surface area (Å²) in [6, 6.07) is 11.2. The van der Waals surface area contributed by atoms with Gasteiger partial charge in [-0.25, -0.2) is 8.42 Å². The number of amides is 3. The maximum absolute atomic E-state index is 13.0. The van der Waals surface area contributed by atoms with Crippen LogP contribution >= 0.6 is 0 Å². The molecule has 1 unspecified atom stereocenters. The van der Waals surface area contributed by atoms with Gasteiger partial charge in [0.2, 0.25) is 21.8 Å². The Hall–Kier alpha value is -3.44. The van der Waals surface area contributed by atoms with E-state index in [1.807, 2.05) is 11.0 Å². The molecule has 0 radical (unpaired) electrons. The number of carbonyl (C=O) groups is 3. The van der Waals surface area contributed by atoms with Crippen LogP contribution in [0, 0.1) is 0 Å². The van der Waals surface area contributed by atoms with Gasteiger partial charge in [0.1, 0.15) is 0 Å². The Morgan fingerprint density at radius 3 is 2.48 bits per heavy atom. The van der Waals surface area contributed by atoms with Crippen molar-refractivity contribution in [1.82, 2.24) is 4.90 Å². The van der Waals surface area contributed by atoms with Crippen LogP contribution in [0.3, 0.4) is 0 Å². The average Bonchev–Trinajstić information content (AvgIpc) is 3.16. The Balaban J connectivity index is 1.82. The fraction of sp³-hybridized carbons (Fsp3) is 0.318. The predicted octanol–water partition coefficient (Wildman–Crippen LogP) is 1.72. The lowest BCUT2D eigenvalue weighted by atomic mass is 10.1. The SMILES string of the molecule is CC(=O)Nc1ccc(NS(C)(=O)=O)c(C(=O)Nc2cccc(CN3CCCC3C(N)=O)c2)c1. The maximum atomic E-state index is 13.0. The summed E-state index contributed by atoms with van der Waals surface area (Å²) in [5.74, 6) is -1.22. The minimum absolute atomic E-state index is 0.0467. The zero-order valence-corrected chi connectivity index (χ0v) is 19.2. The zero-order valence-electron chi connectivity index (χ0n) is 18.4. The van der Waals surface area contributed by atoms with E-state index in [2.05, 4.69) is 15.4 Å². The first-order valence-corrected chi connectivity index (χ1v) is 12.2. The molecule has 2 aromatic rings. The van der Waals surface area contributed by atoms with Gasteiger partial charge in [0.15, 0.2) is 0 Å². The molecule has 10 nitrogen and oxygen atoms in total. The molecule has 5 N–H and O–H groups in total. The highest BCUT2D eigenvalue weighted by Gasteiger charge is 2.28. The van der Waals surface area contributed by atoms with E-state index in [0.29, 0.717) is 17.9 Å². The van der Waals surface area contributed by atoms with Crippen LogP contribution in [0.25, 0.3) is 0 Å². The highest BCUT2D eigenvalue weighted by Crippen LogP contribution is 2.25. The van der Waals surface area contributed by atoms with E-state index in [1.54, 1.807) is 18.2 Å². The molecule has 11 heteroatoms. The minimum atomic E-state index is -3.64. The maximum Gasteiger partial charge on any atom is 0.257 e. The summed E-state index contributed by atoms with van der Waals surface area (Å²) in [6.45, 7) is 2.61. The summed E-state index contributed by atoms with van der Waals surface area (Å²) in [6.07, 6.45) is 2.61. The number of sulfonamides is 1. The van der Waals surface area contributed by atoms with Crippen molar-refractivity contribution < 1.29 is 22.8 Å². The third-order valence-corrected chi connectivity index (χ3v) is 5.73. The van der Waals surface area contributed by atoms with E-state index < -0.39 is 15.9 Å². The lowest BCUT2D eigenvalue weighted by Gasteiger charge is -2.22. The van der Waals surface area contributed by atoms with Crippen LogP contribution in [0.5, 0.6) is 0 Å². The third kappa shape index (κ3) is 6.77. The van der Waals surface area contributed by atoms with Crippen molar-refractivity contribution in [2.24, 2.45) is 5.73 Å². The van der Waals surface area contributed by atoms with E-state index in [1.165, 1.54) is 25.1 Å². The predicted molar refractivity (Wildman–Crippen MR) is 126 cm³/mol. The van der Waals surface area contributed by atoms with Crippen LogP contribution in [-0.2, 0) is 26.2 Å². The number of carbonyl (C=O) groups excluding carboxylic acids is 3. The molecule has 1 saturated heterocycles. The van der Waals surface area contributed by atoms with Crippen LogP contribution < -0.4 is 21.1 Å². The van der Waals surface area contributed by atoms with E-state index in [4.69, 9.17) is 5.73 Å². The lowest BCUT2D eigenvalue weighted by Crippen LogP contribution is -2.39. The summed E-state index contributed by atoms with van der Waals surface area (Å²) in [7, 11) is -3.64. The summed E-state index contributed by atoms with van der Waals surface area (Å²) in [5.41, 5.74) is 7.37. The first-order chi connectivity index (χ1) is 15.5. The molecule has 0 aromatic heterocycles. The summed E-state index contributed by atoms with van der Waals surface area (Å²) in [5, 5.41) is 5.34. The number of hydrogen-bond acceptors (Lipinski definition) is 6. The van der Waals surface area contributed by atoms with Gasteiger partial charge in [-0.15, -0.1) is 0 Å². The van der Waals surface area contributed by atoms with Crippen LogP contribution in [0.4, 0.5) is 17.1 Å². The number of nitrogens with two attached hydrogens (primary N) is 1. The summed E-state index contributed by atoms with van der Waals surface area (Å²) in [4.78, 5) is 38.1. The van der Waals surface area contributed by atoms with E-state index >= 15 is 0 Å². The van der Waals surface area contributed by atoms with Crippen molar-refractivity contribution in [3.05, 3.63) is 53.6 Å². The molecule has 0 saturated carbocycles. The molecule has 0 bridgehead atoms. The third-order valence-electron chi connectivity index (χ3n) is 5.14. The Morgan fingerprint density at radius 2 is 1.82 bits per heavy atom. The second kappa shape index (κ2) is 10.0. The topological polar surface area (TPSA) is 151 Å². The Labute approximate surface area is 192 Å². The molecule has 1 heterocycles. The largest absolute Gasteiger partial charge is 0.368 e. The summed E-state index contributed by atoms with van der Waals surface area (Å²) >= 11 is 0. The molecular weight excluding hydrogens is 446 g/mol. The fourth-order valence-electron chi connectivity index (χ4n) is 3.82. The van der Waals surface area contributed by atoms with Gasteiger partial charge in [0, 0.05) is 24.8 Å². The molecule has 0 aliphatic carbocycles. The Bertz CT molecular complexity index is 1180. The normalized spacial score (nSPS) is 16.2. The molecule has 2 aromatic carbocycles. The molecule has 1 fully saturated rings. The smallest absolute Gasteiger partial charge is 0.257 e. The van der Waals surface area contributed by atoms with E-state index in [-0.39, 0.29) is 29.1 Å². The first kappa shape index (κ1) is 24.2. The zero-order chi connectivity index (χ0) is 24.2. The molecule has 0 spiro atoms. The average molecular weight is 474 g/mol. The molecule has 176 valence electrons. The van der Waals surface area contributed by atoms with Crippen molar-refractivity contribution in [3.63, 3.8) is 0 Å². The number of primary amides is 1. The van der Waals surface area contributed by atoms with Gasteiger partial charge < -0.3 is 16.4 Å². The second-order valence-electron chi connectivity index (χ2n) is 8.00. The molecule has 3 amide bonds. The number of rotatable bonds is 8. The highest BCUT2D eigenvalue weighted by atomic mass is 32.2. The van der Waals surface area contributed by atoms with Crippen molar-refractivity contribution in [2.75, 3.05) is 28.2 Å². The van der Waals surface area contributed by atoms with E-state index in [0.717, 1.165) is 31.2 Å².